The summed E-state index contributed by atoms with van der Waals surface area (Å²) in [5.74, 6) is 1.48. The van der Waals surface area contributed by atoms with Gasteiger partial charge in [0.25, 0.3) is 0 Å². The van der Waals surface area contributed by atoms with Crippen LogP contribution in [0.3, 0.4) is 0 Å². The van der Waals surface area contributed by atoms with Gasteiger partial charge in [-0.25, -0.2) is 0 Å². The molecule has 1 aromatic rings. The maximum atomic E-state index is 12.8. The molecule has 0 aliphatic heterocycles. The second-order valence-electron chi connectivity index (χ2n) is 7.13. The molecule has 0 aromatic heterocycles. The molecule has 1 aromatic carbocycles. The molecular weight excluding hydrogens is 325 g/mol. The van der Waals surface area contributed by atoms with Gasteiger partial charge >= 0.3 is 12.1 Å². The first-order chi connectivity index (χ1) is 12.1. The molecule has 0 unspecified atom stereocenters. The first kappa shape index (κ1) is 19.9. The van der Waals surface area contributed by atoms with Crippen LogP contribution in [0.25, 0.3) is 0 Å². The summed E-state index contributed by atoms with van der Waals surface area (Å²) < 4.78 is 41.4. The van der Waals surface area contributed by atoms with Crippen molar-refractivity contribution in [2.24, 2.45) is 5.92 Å². The third kappa shape index (κ3) is 6.75. The van der Waals surface area contributed by atoms with E-state index in [1.807, 2.05) is 12.1 Å². The zero-order chi connectivity index (χ0) is 18.1. The number of rotatable bonds is 9. The van der Waals surface area contributed by atoms with Crippen molar-refractivity contribution in [3.8, 4) is 5.75 Å². The average Bonchev–Trinajstić information content (AvgIpc) is 2.63. The lowest BCUT2D eigenvalue weighted by Gasteiger charge is -2.29. The third-order valence-corrected chi connectivity index (χ3v) is 5.27. The maximum absolute atomic E-state index is 12.8. The van der Waals surface area contributed by atoms with Gasteiger partial charge in [0.15, 0.2) is 0 Å². The molecule has 0 spiro atoms. The van der Waals surface area contributed by atoms with Gasteiger partial charge in [0.05, 0.1) is 0 Å². The lowest BCUT2D eigenvalue weighted by atomic mass is 9.77. The van der Waals surface area contributed by atoms with Crippen molar-refractivity contribution in [3.63, 3.8) is 0 Å². The van der Waals surface area contributed by atoms with E-state index in [2.05, 4.69) is 11.7 Å². The molecule has 0 radical (unpaired) electrons. The van der Waals surface area contributed by atoms with E-state index in [0.29, 0.717) is 5.92 Å². The van der Waals surface area contributed by atoms with E-state index in [9.17, 15) is 13.2 Å². The Morgan fingerprint density at radius 1 is 0.920 bits per heavy atom. The highest BCUT2D eigenvalue weighted by Gasteiger charge is 2.22. The van der Waals surface area contributed by atoms with Crippen LogP contribution >= 0.6 is 0 Å². The van der Waals surface area contributed by atoms with Gasteiger partial charge in [-0.3, -0.25) is 0 Å². The lowest BCUT2D eigenvalue weighted by Crippen LogP contribution is -2.13. The lowest BCUT2D eigenvalue weighted by molar-refractivity contribution is 0.241. The van der Waals surface area contributed by atoms with E-state index in [1.54, 1.807) is 12.1 Å². The summed E-state index contributed by atoms with van der Waals surface area (Å²) in [6, 6.07) is 5.05. The van der Waals surface area contributed by atoms with Crippen LogP contribution in [0.4, 0.5) is 13.2 Å². The van der Waals surface area contributed by atoms with Crippen molar-refractivity contribution in [2.45, 2.75) is 77.0 Å². The van der Waals surface area contributed by atoms with Crippen molar-refractivity contribution in [1.29, 1.82) is 0 Å². The van der Waals surface area contributed by atoms with E-state index < -0.39 is 12.1 Å². The fourth-order valence-electron chi connectivity index (χ4n) is 3.77. The molecular formula is C21H29F3O. The molecule has 1 fully saturated rings. The molecule has 4 heteroatoms. The molecule has 1 saturated carbocycles. The Labute approximate surface area is 149 Å². The van der Waals surface area contributed by atoms with Crippen molar-refractivity contribution in [3.05, 3.63) is 41.9 Å². The smallest absolute Gasteiger partial charge is 0.344 e. The van der Waals surface area contributed by atoms with E-state index in [4.69, 9.17) is 0 Å². The van der Waals surface area contributed by atoms with Gasteiger partial charge in [0.2, 0.25) is 0 Å². The van der Waals surface area contributed by atoms with Crippen LogP contribution in [-0.2, 0) is 0 Å². The maximum Gasteiger partial charge on any atom is 0.344 e. The van der Waals surface area contributed by atoms with Crippen molar-refractivity contribution >= 4 is 0 Å². The average molecular weight is 354 g/mol. The second-order valence-corrected chi connectivity index (χ2v) is 7.13. The zero-order valence-electron chi connectivity index (χ0n) is 15.1. The summed E-state index contributed by atoms with van der Waals surface area (Å²) in [6.45, 7) is 2.24. The summed E-state index contributed by atoms with van der Waals surface area (Å²) in [6.07, 6.45) is 10.5. The minimum Gasteiger partial charge on any atom is -0.428 e. The first-order valence-electron chi connectivity index (χ1n) is 9.58. The van der Waals surface area contributed by atoms with Gasteiger partial charge in [-0.1, -0.05) is 57.6 Å². The van der Waals surface area contributed by atoms with Crippen LogP contribution in [0.1, 0.15) is 82.6 Å². The Kier molecular flexibility index (Phi) is 8.36. The zero-order valence-corrected chi connectivity index (χ0v) is 15.1. The SMILES string of the molecule is CCCCCCCC1CCC(c2ccc(OC(F)=C(F)F)cc2)CC1. The molecule has 140 valence electrons. The van der Waals surface area contributed by atoms with Gasteiger partial charge in [0.1, 0.15) is 5.75 Å². The Bertz CT molecular complexity index is 527. The number of benzene rings is 1. The largest absolute Gasteiger partial charge is 0.428 e. The summed E-state index contributed by atoms with van der Waals surface area (Å²) >= 11 is 0. The minimum absolute atomic E-state index is 0.106. The van der Waals surface area contributed by atoms with Crippen molar-refractivity contribution < 1.29 is 17.9 Å². The fourth-order valence-corrected chi connectivity index (χ4v) is 3.77. The van der Waals surface area contributed by atoms with Gasteiger partial charge < -0.3 is 4.74 Å². The van der Waals surface area contributed by atoms with E-state index in [-0.39, 0.29) is 5.75 Å². The molecule has 0 bridgehead atoms. The molecule has 0 saturated heterocycles. The first-order valence-corrected chi connectivity index (χ1v) is 9.58. The van der Waals surface area contributed by atoms with Gasteiger partial charge in [0, 0.05) is 0 Å². The highest BCUT2D eigenvalue weighted by molar-refractivity contribution is 5.30. The predicted octanol–water partition coefficient (Wildman–Crippen LogP) is 7.73. The van der Waals surface area contributed by atoms with Crippen LogP contribution in [0.15, 0.2) is 36.4 Å². The monoisotopic (exact) mass is 354 g/mol. The topological polar surface area (TPSA) is 9.23 Å². The number of hydrogen-bond donors (Lipinski definition) is 0. The van der Waals surface area contributed by atoms with Crippen LogP contribution in [0.5, 0.6) is 5.75 Å². The second kappa shape index (κ2) is 10.5. The highest BCUT2D eigenvalue weighted by Crippen LogP contribution is 2.38. The van der Waals surface area contributed by atoms with Crippen LogP contribution in [0, 0.1) is 5.92 Å². The Hall–Kier alpha value is -1.45. The van der Waals surface area contributed by atoms with Crippen LogP contribution < -0.4 is 4.74 Å². The van der Waals surface area contributed by atoms with E-state index >= 15 is 0 Å². The molecule has 1 nitrogen and oxygen atoms in total. The molecule has 25 heavy (non-hydrogen) atoms. The Morgan fingerprint density at radius 3 is 2.16 bits per heavy atom. The molecule has 0 heterocycles. The molecule has 2 rings (SSSR count). The van der Waals surface area contributed by atoms with Crippen LogP contribution in [-0.4, -0.2) is 0 Å². The summed E-state index contributed by atoms with van der Waals surface area (Å²) in [4.78, 5) is 0. The molecule has 1 aliphatic carbocycles. The predicted molar refractivity (Wildman–Crippen MR) is 95.5 cm³/mol. The molecule has 0 N–H and O–H groups in total. The standard InChI is InChI=1S/C21H29F3O/c1-2-3-4-5-6-7-16-8-10-17(11-9-16)18-12-14-19(15-13-18)25-21(24)20(22)23/h12-17H,2-11H2,1H3. The van der Waals surface area contributed by atoms with Crippen LogP contribution in [0.2, 0.25) is 0 Å². The number of hydrogen-bond acceptors (Lipinski definition) is 1. The normalized spacial score (nSPS) is 20.3. The molecule has 0 atom stereocenters. The van der Waals surface area contributed by atoms with Crippen molar-refractivity contribution in [1.82, 2.24) is 0 Å². The van der Waals surface area contributed by atoms with Gasteiger partial charge in [-0.15, -0.1) is 0 Å². The quantitative estimate of drug-likeness (QED) is 0.325. The Balaban J connectivity index is 1.74. The van der Waals surface area contributed by atoms with Gasteiger partial charge in [-0.05, 0) is 55.2 Å². The summed E-state index contributed by atoms with van der Waals surface area (Å²) in [7, 11) is 0. The number of unbranched alkanes of at least 4 members (excludes halogenated alkanes) is 4. The molecule has 1 aliphatic rings. The number of halogens is 3. The molecule has 0 amide bonds. The minimum atomic E-state index is -2.43. The fraction of sp³-hybridized carbons (Fsp3) is 0.619. The summed E-state index contributed by atoms with van der Waals surface area (Å²) in [5.41, 5.74) is 1.19. The Morgan fingerprint density at radius 2 is 1.56 bits per heavy atom. The highest BCUT2D eigenvalue weighted by atomic mass is 19.3. The van der Waals surface area contributed by atoms with E-state index in [1.165, 1.54) is 69.8 Å². The van der Waals surface area contributed by atoms with Gasteiger partial charge in [-0.2, -0.15) is 13.2 Å². The number of ether oxygens (including phenoxy) is 1. The van der Waals surface area contributed by atoms with Crippen molar-refractivity contribution in [2.75, 3.05) is 0 Å². The summed E-state index contributed by atoms with van der Waals surface area (Å²) in [5, 5.41) is 0. The third-order valence-electron chi connectivity index (χ3n) is 5.27. The van der Waals surface area contributed by atoms with E-state index in [0.717, 1.165) is 5.92 Å².